The minimum absolute atomic E-state index is 0.0576. The number of halogens is 11. The van der Waals surface area contributed by atoms with Gasteiger partial charge in [-0.3, -0.25) is 0 Å². The fourth-order valence-electron chi connectivity index (χ4n) is 3.90. The third-order valence-corrected chi connectivity index (χ3v) is 5.64. The maximum Gasteiger partial charge on any atom is 0.449 e. The van der Waals surface area contributed by atoms with Crippen molar-refractivity contribution in [1.82, 2.24) is 0 Å². The summed E-state index contributed by atoms with van der Waals surface area (Å²) in [7, 11) is 0. The minimum Gasteiger partial charge on any atom is -0.452 e. The van der Waals surface area contributed by atoms with Gasteiger partial charge in [0.1, 0.15) is 5.57 Å². The van der Waals surface area contributed by atoms with Gasteiger partial charge in [-0.15, -0.1) is 0 Å². The van der Waals surface area contributed by atoms with E-state index in [0.717, 1.165) is 0 Å². The lowest BCUT2D eigenvalue weighted by Crippen LogP contribution is -2.76. The van der Waals surface area contributed by atoms with Crippen molar-refractivity contribution in [2.75, 3.05) is 0 Å². The molecule has 1 aliphatic heterocycles. The molecule has 0 bridgehead atoms. The Hall–Kier alpha value is -1.64. The van der Waals surface area contributed by atoms with E-state index in [4.69, 9.17) is 0 Å². The topological polar surface area (TPSA) is 55.8 Å². The summed E-state index contributed by atoms with van der Waals surface area (Å²) >= 11 is 0. The predicted molar refractivity (Wildman–Crippen MR) is 82.1 cm³/mol. The van der Waals surface area contributed by atoms with Gasteiger partial charge in [-0.05, 0) is 18.8 Å². The Balaban J connectivity index is 2.63. The quantitative estimate of drug-likeness (QED) is 0.333. The van der Waals surface area contributed by atoms with Crippen molar-refractivity contribution in [2.24, 2.45) is 5.92 Å². The van der Waals surface area contributed by atoms with E-state index in [9.17, 15) is 58.2 Å². The number of carbonyl (C=O) groups is 1. The molecule has 2 fully saturated rings. The molecule has 2 rings (SSSR count). The molecule has 15 heteroatoms. The third-order valence-electron chi connectivity index (χ3n) is 5.64. The second kappa shape index (κ2) is 7.99. The maximum absolute atomic E-state index is 14.6. The largest absolute Gasteiger partial charge is 0.452 e. The van der Waals surface area contributed by atoms with Crippen LogP contribution in [-0.4, -0.2) is 53.0 Å². The first-order valence-corrected chi connectivity index (χ1v) is 9.11. The van der Waals surface area contributed by atoms with Crippen molar-refractivity contribution in [2.45, 2.75) is 80.5 Å². The highest BCUT2D eigenvalue weighted by atomic mass is 19.4. The number of ether oxygens (including phenoxy) is 2. The van der Waals surface area contributed by atoms with Crippen molar-refractivity contribution in [3.05, 3.63) is 12.2 Å². The lowest BCUT2D eigenvalue weighted by Gasteiger charge is -2.55. The Morgan fingerprint density at radius 3 is 1.84 bits per heavy atom. The van der Waals surface area contributed by atoms with Crippen LogP contribution in [0.25, 0.3) is 0 Å². The number of aliphatic hydroxyl groups is 1. The van der Waals surface area contributed by atoms with Crippen LogP contribution in [0.4, 0.5) is 48.3 Å². The number of carbonyl (C=O) groups excluding carboxylic acids is 1. The number of esters is 1. The van der Waals surface area contributed by atoms with E-state index in [1.165, 1.54) is 0 Å². The molecule has 4 nitrogen and oxygen atoms in total. The van der Waals surface area contributed by atoms with E-state index >= 15 is 0 Å². The van der Waals surface area contributed by atoms with Crippen LogP contribution in [0.2, 0.25) is 0 Å². The Morgan fingerprint density at radius 1 is 0.938 bits per heavy atom. The zero-order valence-electron chi connectivity index (χ0n) is 15.9. The average Bonchev–Trinajstić information content (AvgIpc) is 2.62. The molecule has 0 amide bonds. The molecule has 0 aromatic carbocycles. The van der Waals surface area contributed by atoms with Crippen molar-refractivity contribution in [1.29, 1.82) is 0 Å². The summed E-state index contributed by atoms with van der Waals surface area (Å²) < 4.78 is 157. The van der Waals surface area contributed by atoms with Gasteiger partial charge in [0.2, 0.25) is 0 Å². The van der Waals surface area contributed by atoms with Gasteiger partial charge in [0.15, 0.2) is 11.7 Å². The zero-order valence-corrected chi connectivity index (χ0v) is 15.9. The molecule has 3 atom stereocenters. The molecular formula is C17H17F11O4. The van der Waals surface area contributed by atoms with E-state index < -0.39 is 78.7 Å². The van der Waals surface area contributed by atoms with Crippen molar-refractivity contribution >= 4 is 5.97 Å². The molecule has 2 aliphatic rings. The van der Waals surface area contributed by atoms with E-state index in [0.29, 0.717) is 6.42 Å². The van der Waals surface area contributed by atoms with E-state index in [2.05, 4.69) is 16.1 Å². The van der Waals surface area contributed by atoms with E-state index in [-0.39, 0.29) is 12.8 Å². The summed E-state index contributed by atoms with van der Waals surface area (Å²) in [5.41, 5.74) is -6.52. The summed E-state index contributed by atoms with van der Waals surface area (Å²) in [6, 6.07) is 0. The van der Waals surface area contributed by atoms with Gasteiger partial charge >= 0.3 is 36.2 Å². The standard InChI is InChI=1S/C17H17F11O4/c1-8(14(20,21)22)11(29)31-10-7-12(16(23,24)25,9-5-3-2-4-6-9)32-15(30,13(10,18)19)17(26,27)28/h9-10,30H,1-7H2. The normalized spacial score (nSPS) is 32.4. The van der Waals surface area contributed by atoms with Crippen LogP contribution in [0.1, 0.15) is 38.5 Å². The first-order valence-electron chi connectivity index (χ1n) is 9.11. The lowest BCUT2D eigenvalue weighted by atomic mass is 9.70. The predicted octanol–water partition coefficient (Wildman–Crippen LogP) is 5.20. The molecule has 1 saturated carbocycles. The number of alkyl halides is 11. The summed E-state index contributed by atoms with van der Waals surface area (Å²) in [5.74, 6) is -16.2. The molecule has 32 heavy (non-hydrogen) atoms. The van der Waals surface area contributed by atoms with Gasteiger partial charge < -0.3 is 14.6 Å². The van der Waals surface area contributed by atoms with Crippen molar-refractivity contribution < 1.29 is 67.7 Å². The van der Waals surface area contributed by atoms with Gasteiger partial charge in [0.05, 0.1) is 0 Å². The highest BCUT2D eigenvalue weighted by Crippen LogP contribution is 2.60. The number of hydrogen-bond acceptors (Lipinski definition) is 4. The SMILES string of the molecule is C=C(C(=O)OC1CC(C2CCCCC2)(C(F)(F)F)OC(O)(C(F)(F)F)C1(F)F)C(F)(F)F. The maximum atomic E-state index is 14.6. The molecule has 1 heterocycles. The molecular weight excluding hydrogens is 477 g/mol. The Bertz CT molecular complexity index is 736. The highest BCUT2D eigenvalue weighted by molar-refractivity contribution is 5.89. The first kappa shape index (κ1) is 26.6. The van der Waals surface area contributed by atoms with E-state index in [1.807, 2.05) is 0 Å². The number of rotatable bonds is 3. The smallest absolute Gasteiger partial charge is 0.449 e. The third kappa shape index (κ3) is 4.29. The van der Waals surface area contributed by atoms with Gasteiger partial charge in [0, 0.05) is 6.42 Å². The second-order valence-corrected chi connectivity index (χ2v) is 7.66. The number of hydrogen-bond donors (Lipinski definition) is 1. The van der Waals surface area contributed by atoms with Crippen molar-refractivity contribution in [3.63, 3.8) is 0 Å². The van der Waals surface area contributed by atoms with Crippen molar-refractivity contribution in [3.8, 4) is 0 Å². The van der Waals surface area contributed by atoms with Crippen LogP contribution >= 0.6 is 0 Å². The van der Waals surface area contributed by atoms with Gasteiger partial charge in [-0.25, -0.2) is 4.79 Å². The fourth-order valence-corrected chi connectivity index (χ4v) is 3.90. The van der Waals surface area contributed by atoms with Crippen LogP contribution in [0.15, 0.2) is 12.2 Å². The van der Waals surface area contributed by atoms with E-state index in [1.54, 1.807) is 0 Å². The molecule has 3 unspecified atom stereocenters. The molecule has 0 spiro atoms. The Kier molecular flexibility index (Phi) is 6.65. The zero-order chi connectivity index (χ0) is 25.0. The molecule has 1 N–H and O–H groups in total. The molecule has 0 radical (unpaired) electrons. The second-order valence-electron chi connectivity index (χ2n) is 7.66. The van der Waals surface area contributed by atoms with Gasteiger partial charge in [0.25, 0.3) is 0 Å². The summed E-state index contributed by atoms with van der Waals surface area (Å²) in [4.78, 5) is 11.6. The van der Waals surface area contributed by atoms with Crippen LogP contribution in [0, 0.1) is 5.92 Å². The van der Waals surface area contributed by atoms with Gasteiger partial charge in [-0.1, -0.05) is 25.8 Å². The first-order chi connectivity index (χ1) is 14.2. The van der Waals surface area contributed by atoms with Crippen LogP contribution in [0.3, 0.4) is 0 Å². The molecule has 1 saturated heterocycles. The average molecular weight is 494 g/mol. The molecule has 1 aliphatic carbocycles. The highest BCUT2D eigenvalue weighted by Gasteiger charge is 2.83. The van der Waals surface area contributed by atoms with Crippen LogP contribution in [-0.2, 0) is 14.3 Å². The fraction of sp³-hybridized carbons (Fsp3) is 0.824. The van der Waals surface area contributed by atoms with Crippen LogP contribution < -0.4 is 0 Å². The monoisotopic (exact) mass is 494 g/mol. The van der Waals surface area contributed by atoms with Gasteiger partial charge in [-0.2, -0.15) is 48.3 Å². The molecule has 0 aromatic heterocycles. The summed E-state index contributed by atoms with van der Waals surface area (Å²) in [5, 5.41) is 9.71. The molecule has 186 valence electrons. The summed E-state index contributed by atoms with van der Waals surface area (Å²) in [6.45, 7) is 2.22. The Morgan fingerprint density at radius 2 is 1.44 bits per heavy atom. The summed E-state index contributed by atoms with van der Waals surface area (Å²) in [6.07, 6.45) is -24.2. The van der Waals surface area contributed by atoms with Crippen LogP contribution in [0.5, 0.6) is 0 Å². The lowest BCUT2D eigenvalue weighted by molar-refractivity contribution is -0.511. The Labute approximate surface area is 173 Å². The minimum atomic E-state index is -6.55. The molecule has 0 aromatic rings.